The van der Waals surface area contributed by atoms with Gasteiger partial charge in [-0.1, -0.05) is 6.42 Å². The van der Waals surface area contributed by atoms with Crippen LogP contribution in [0, 0.1) is 11.8 Å². The number of ether oxygens (including phenoxy) is 2. The molecule has 29 heavy (non-hydrogen) atoms. The number of hydrogen-bond acceptors (Lipinski definition) is 5. The third-order valence-corrected chi connectivity index (χ3v) is 8.99. The summed E-state index contributed by atoms with van der Waals surface area (Å²) in [4.78, 5) is 2.36. The van der Waals surface area contributed by atoms with Crippen molar-refractivity contribution >= 4 is 27.4 Å². The van der Waals surface area contributed by atoms with E-state index in [1.54, 1.807) is 18.2 Å². The highest BCUT2D eigenvalue weighted by Gasteiger charge is 2.40. The van der Waals surface area contributed by atoms with E-state index < -0.39 is 10.0 Å². The van der Waals surface area contributed by atoms with Crippen molar-refractivity contribution in [2.75, 3.05) is 39.4 Å². The number of sulfonamides is 1. The van der Waals surface area contributed by atoms with Crippen LogP contribution in [0.1, 0.15) is 25.7 Å². The number of piperazine rings is 1. The van der Waals surface area contributed by atoms with Gasteiger partial charge in [0.25, 0.3) is 0 Å². The lowest BCUT2D eigenvalue weighted by atomic mass is 9.95. The molecule has 4 aliphatic rings. The molecule has 2 heterocycles. The number of hydrogen-bond donors (Lipinski definition) is 1. The molecular weight excluding hydrogens is 410 g/mol. The standard InChI is InChI=1S/C20H27N3O4S2/c24-29(25,16-3-4-18-19(13-16)27-10-9-26-18)23-7-5-22(6-8-23)20(28)21-17-12-14-1-2-15(17)11-14/h3-4,13-15,17H,1-2,5-12H2,(H,21,28)/t14-,15-,17-/m0/s1. The normalized spacial score (nSPS) is 29.1. The van der Waals surface area contributed by atoms with Gasteiger partial charge in [0.2, 0.25) is 10.0 Å². The first-order valence-electron chi connectivity index (χ1n) is 10.5. The minimum absolute atomic E-state index is 0.248. The average molecular weight is 438 g/mol. The fraction of sp³-hybridized carbons (Fsp3) is 0.650. The summed E-state index contributed by atoms with van der Waals surface area (Å²) < 4.78 is 38.7. The molecule has 158 valence electrons. The largest absolute Gasteiger partial charge is 0.486 e. The molecule has 2 saturated carbocycles. The van der Waals surface area contributed by atoms with Gasteiger partial charge in [-0.15, -0.1) is 0 Å². The van der Waals surface area contributed by atoms with Gasteiger partial charge in [-0.3, -0.25) is 0 Å². The van der Waals surface area contributed by atoms with E-state index in [9.17, 15) is 8.42 Å². The number of fused-ring (bicyclic) bond motifs is 3. The van der Waals surface area contributed by atoms with Gasteiger partial charge in [0.15, 0.2) is 16.6 Å². The maximum atomic E-state index is 13.1. The van der Waals surface area contributed by atoms with Gasteiger partial charge in [0, 0.05) is 38.3 Å². The quantitative estimate of drug-likeness (QED) is 0.724. The first-order valence-corrected chi connectivity index (χ1v) is 12.3. The van der Waals surface area contributed by atoms with Crippen molar-refractivity contribution in [3.8, 4) is 11.5 Å². The maximum absolute atomic E-state index is 13.1. The van der Waals surface area contributed by atoms with Gasteiger partial charge < -0.3 is 19.7 Å². The van der Waals surface area contributed by atoms with Crippen molar-refractivity contribution in [2.24, 2.45) is 11.8 Å². The van der Waals surface area contributed by atoms with Crippen LogP contribution in [0.4, 0.5) is 0 Å². The van der Waals surface area contributed by atoms with Crippen molar-refractivity contribution in [2.45, 2.75) is 36.6 Å². The number of nitrogens with one attached hydrogen (secondary N) is 1. The molecule has 2 bridgehead atoms. The molecule has 0 aromatic heterocycles. The molecule has 5 rings (SSSR count). The van der Waals surface area contributed by atoms with Crippen LogP contribution in [0.25, 0.3) is 0 Å². The van der Waals surface area contributed by atoms with Crippen molar-refractivity contribution in [1.29, 1.82) is 0 Å². The molecule has 9 heteroatoms. The highest BCUT2D eigenvalue weighted by atomic mass is 32.2. The predicted molar refractivity (Wildman–Crippen MR) is 113 cm³/mol. The summed E-state index contributed by atoms with van der Waals surface area (Å²) in [5, 5.41) is 4.34. The van der Waals surface area contributed by atoms with Crippen molar-refractivity contribution in [3.63, 3.8) is 0 Å². The lowest BCUT2D eigenvalue weighted by Gasteiger charge is -2.37. The van der Waals surface area contributed by atoms with Crippen LogP contribution < -0.4 is 14.8 Å². The van der Waals surface area contributed by atoms with Gasteiger partial charge in [-0.2, -0.15) is 4.31 Å². The Kier molecular flexibility index (Phi) is 5.08. The van der Waals surface area contributed by atoms with E-state index in [4.69, 9.17) is 21.7 Å². The van der Waals surface area contributed by atoms with Crippen LogP contribution >= 0.6 is 12.2 Å². The van der Waals surface area contributed by atoms with Gasteiger partial charge in [0.05, 0.1) is 4.90 Å². The molecule has 0 unspecified atom stereocenters. The molecule has 7 nitrogen and oxygen atoms in total. The van der Waals surface area contributed by atoms with Crippen molar-refractivity contribution in [3.05, 3.63) is 18.2 Å². The molecule has 1 N–H and O–H groups in total. The van der Waals surface area contributed by atoms with E-state index in [-0.39, 0.29) is 4.90 Å². The molecular formula is C20H27N3O4S2. The zero-order chi connectivity index (χ0) is 20.0. The number of benzene rings is 1. The van der Waals surface area contributed by atoms with Gasteiger partial charge in [-0.25, -0.2) is 8.42 Å². The molecule has 2 aliphatic heterocycles. The summed E-state index contributed by atoms with van der Waals surface area (Å²) in [5.74, 6) is 2.72. The summed E-state index contributed by atoms with van der Waals surface area (Å²) >= 11 is 5.64. The molecule has 0 radical (unpaired) electrons. The van der Waals surface area contributed by atoms with Crippen LogP contribution in [0.5, 0.6) is 11.5 Å². The highest BCUT2D eigenvalue weighted by molar-refractivity contribution is 7.89. The first kappa shape index (κ1) is 19.4. The molecule has 0 spiro atoms. The topological polar surface area (TPSA) is 71.1 Å². The molecule has 2 aliphatic carbocycles. The zero-order valence-corrected chi connectivity index (χ0v) is 18.0. The van der Waals surface area contributed by atoms with Crippen molar-refractivity contribution in [1.82, 2.24) is 14.5 Å². The lowest BCUT2D eigenvalue weighted by molar-refractivity contribution is 0.171. The van der Waals surface area contributed by atoms with Crippen LogP contribution in [0.15, 0.2) is 23.1 Å². The summed E-state index contributed by atoms with van der Waals surface area (Å²) in [6.45, 7) is 2.98. The minimum atomic E-state index is -3.57. The Hall–Kier alpha value is -1.58. The van der Waals surface area contributed by atoms with Crippen LogP contribution in [-0.2, 0) is 10.0 Å². The van der Waals surface area contributed by atoms with Crippen molar-refractivity contribution < 1.29 is 17.9 Å². The van der Waals surface area contributed by atoms with Gasteiger partial charge in [0.1, 0.15) is 13.2 Å². The zero-order valence-electron chi connectivity index (χ0n) is 16.4. The molecule has 3 fully saturated rings. The molecule has 1 saturated heterocycles. The van der Waals surface area contributed by atoms with E-state index in [2.05, 4.69) is 10.2 Å². The van der Waals surface area contributed by atoms with E-state index in [1.807, 2.05) is 0 Å². The Bertz CT molecular complexity index is 899. The molecule has 3 atom stereocenters. The van der Waals surface area contributed by atoms with Gasteiger partial charge >= 0.3 is 0 Å². The molecule has 1 aromatic rings. The Morgan fingerprint density at radius 2 is 1.79 bits per heavy atom. The SMILES string of the molecule is O=S(=O)(c1ccc2c(c1)OCCO2)N1CCN(C(=S)N[C@H]2C[C@H]3CC[C@H]2C3)CC1. The van der Waals surface area contributed by atoms with E-state index >= 15 is 0 Å². The Morgan fingerprint density at radius 1 is 1.03 bits per heavy atom. The fourth-order valence-corrected chi connectivity index (χ4v) is 6.91. The highest BCUT2D eigenvalue weighted by Crippen LogP contribution is 2.44. The second-order valence-corrected chi connectivity index (χ2v) is 10.8. The summed E-state index contributed by atoms with van der Waals surface area (Å²) in [6.07, 6.45) is 5.24. The number of nitrogens with zero attached hydrogens (tertiary/aromatic N) is 2. The second-order valence-electron chi connectivity index (χ2n) is 8.43. The smallest absolute Gasteiger partial charge is 0.243 e. The monoisotopic (exact) mass is 437 g/mol. The summed E-state index contributed by atoms with van der Waals surface area (Å²) in [6, 6.07) is 5.33. The van der Waals surface area contributed by atoms with Crippen LogP contribution in [-0.4, -0.2) is 68.2 Å². The van der Waals surface area contributed by atoms with E-state index in [0.29, 0.717) is 56.9 Å². The number of thiocarbonyl (C=S) groups is 1. The Balaban J connectivity index is 1.20. The predicted octanol–water partition coefficient (Wildman–Crippen LogP) is 1.83. The lowest BCUT2D eigenvalue weighted by Crippen LogP contribution is -2.54. The number of rotatable bonds is 3. The maximum Gasteiger partial charge on any atom is 0.243 e. The van der Waals surface area contributed by atoms with E-state index in [0.717, 1.165) is 16.9 Å². The van der Waals surface area contributed by atoms with Crippen LogP contribution in [0.3, 0.4) is 0 Å². The third-order valence-electron chi connectivity index (χ3n) is 6.72. The minimum Gasteiger partial charge on any atom is -0.486 e. The Morgan fingerprint density at radius 3 is 2.48 bits per heavy atom. The molecule has 0 amide bonds. The average Bonchev–Trinajstić information content (AvgIpc) is 3.36. The second kappa shape index (κ2) is 7.59. The first-order chi connectivity index (χ1) is 14.0. The van der Waals surface area contributed by atoms with Crippen LogP contribution in [0.2, 0.25) is 0 Å². The molecule has 1 aromatic carbocycles. The third kappa shape index (κ3) is 3.68. The van der Waals surface area contributed by atoms with E-state index in [1.165, 1.54) is 30.0 Å². The summed E-state index contributed by atoms with van der Waals surface area (Å²) in [5.41, 5.74) is 0. The van der Waals surface area contributed by atoms with Gasteiger partial charge in [-0.05, 0) is 55.4 Å². The summed E-state index contributed by atoms with van der Waals surface area (Å²) in [7, 11) is -3.57. The Labute approximate surface area is 177 Å². The fourth-order valence-electron chi connectivity index (χ4n) is 5.14.